The van der Waals surface area contributed by atoms with Crippen LogP contribution < -0.4 is 10.1 Å². The maximum absolute atomic E-state index is 13.8. The van der Waals surface area contributed by atoms with Crippen LogP contribution in [0.2, 0.25) is 0 Å². The van der Waals surface area contributed by atoms with E-state index in [0.29, 0.717) is 18.2 Å². The fraction of sp³-hybridized carbons (Fsp3) is 0.533. The smallest absolute Gasteiger partial charge is 0.239 e. The third-order valence-electron chi connectivity index (χ3n) is 8.72. The van der Waals surface area contributed by atoms with Gasteiger partial charge in [0.05, 0.1) is 19.6 Å². The lowest BCUT2D eigenvalue weighted by Gasteiger charge is -2.37. The predicted octanol–water partition coefficient (Wildman–Crippen LogP) is 3.74. The van der Waals surface area contributed by atoms with Crippen molar-refractivity contribution in [3.63, 3.8) is 0 Å². The van der Waals surface area contributed by atoms with Gasteiger partial charge in [0.1, 0.15) is 0 Å². The molecule has 198 valence electrons. The number of carbonyl (C=O) groups is 2. The average molecular weight is 506 g/mol. The molecule has 2 saturated heterocycles. The number of nitrogens with zero attached hydrogens (tertiary/aromatic N) is 2. The second kappa shape index (κ2) is 11.1. The van der Waals surface area contributed by atoms with Crippen LogP contribution in [0.25, 0.3) is 0 Å². The van der Waals surface area contributed by atoms with E-state index in [-0.39, 0.29) is 35.4 Å². The monoisotopic (exact) mass is 505 g/mol. The number of phenols is 1. The van der Waals surface area contributed by atoms with Crippen molar-refractivity contribution >= 4 is 11.8 Å². The van der Waals surface area contributed by atoms with E-state index in [1.165, 1.54) is 12.7 Å². The van der Waals surface area contributed by atoms with E-state index in [9.17, 15) is 14.7 Å². The molecule has 7 heteroatoms. The zero-order chi connectivity index (χ0) is 25.8. The molecule has 0 unspecified atom stereocenters. The number of likely N-dealkylation sites (tertiary alicyclic amines) is 2. The Morgan fingerprint density at radius 1 is 1.08 bits per heavy atom. The van der Waals surface area contributed by atoms with Crippen molar-refractivity contribution in [1.29, 1.82) is 0 Å². The molecule has 7 nitrogen and oxygen atoms in total. The number of carbonyl (C=O) groups excluding carboxylic acids is 2. The third kappa shape index (κ3) is 5.61. The third-order valence-corrected chi connectivity index (χ3v) is 8.72. The molecular weight excluding hydrogens is 466 g/mol. The summed E-state index contributed by atoms with van der Waals surface area (Å²) in [5.74, 6) is 1.08. The van der Waals surface area contributed by atoms with Crippen LogP contribution in [0, 0.1) is 11.3 Å². The summed E-state index contributed by atoms with van der Waals surface area (Å²) in [6.07, 6.45) is 6.68. The lowest BCUT2D eigenvalue weighted by molar-refractivity contribution is -0.138. The summed E-state index contributed by atoms with van der Waals surface area (Å²) in [6, 6.07) is 15.4. The highest BCUT2D eigenvalue weighted by molar-refractivity contribution is 5.82. The summed E-state index contributed by atoms with van der Waals surface area (Å²) in [5, 5.41) is 13.2. The summed E-state index contributed by atoms with van der Waals surface area (Å²) < 4.78 is 5.09. The largest absolute Gasteiger partial charge is 0.504 e. The molecule has 2 N–H and O–H groups in total. The number of nitrogens with one attached hydrogen (secondary N) is 1. The summed E-state index contributed by atoms with van der Waals surface area (Å²) >= 11 is 0. The zero-order valence-corrected chi connectivity index (χ0v) is 21.8. The minimum absolute atomic E-state index is 0.0354. The highest BCUT2D eigenvalue weighted by Crippen LogP contribution is 2.48. The second-order valence-electron chi connectivity index (χ2n) is 11.1. The Kier molecular flexibility index (Phi) is 7.70. The van der Waals surface area contributed by atoms with Crippen LogP contribution in [0.5, 0.6) is 11.5 Å². The van der Waals surface area contributed by atoms with E-state index in [1.54, 1.807) is 18.2 Å². The van der Waals surface area contributed by atoms with Gasteiger partial charge < -0.3 is 20.1 Å². The highest BCUT2D eigenvalue weighted by atomic mass is 16.5. The molecule has 5 rings (SSSR count). The number of hydrogen-bond acceptors (Lipinski definition) is 5. The molecule has 1 saturated carbocycles. The summed E-state index contributed by atoms with van der Waals surface area (Å²) in [6.45, 7) is 3.91. The van der Waals surface area contributed by atoms with Crippen LogP contribution in [0.15, 0.2) is 48.5 Å². The normalized spacial score (nSPS) is 25.6. The van der Waals surface area contributed by atoms with Crippen LogP contribution in [0.3, 0.4) is 0 Å². The Morgan fingerprint density at radius 3 is 2.70 bits per heavy atom. The molecule has 3 atom stereocenters. The lowest BCUT2D eigenvalue weighted by Crippen LogP contribution is -2.50. The maximum atomic E-state index is 13.8. The Balaban J connectivity index is 1.20. The van der Waals surface area contributed by atoms with Gasteiger partial charge >= 0.3 is 0 Å². The van der Waals surface area contributed by atoms with Crippen LogP contribution in [-0.4, -0.2) is 66.1 Å². The van der Waals surface area contributed by atoms with Crippen molar-refractivity contribution < 1.29 is 19.4 Å². The van der Waals surface area contributed by atoms with Crippen LogP contribution in [0.1, 0.15) is 49.7 Å². The molecule has 2 amide bonds. The number of phenolic OH excluding ortho intramolecular Hbond substituents is 1. The van der Waals surface area contributed by atoms with Crippen LogP contribution in [0.4, 0.5) is 0 Å². The molecule has 1 aliphatic carbocycles. The van der Waals surface area contributed by atoms with E-state index < -0.39 is 0 Å². The van der Waals surface area contributed by atoms with Gasteiger partial charge in [-0.1, -0.05) is 49.2 Å². The van der Waals surface area contributed by atoms with Crippen molar-refractivity contribution in [2.24, 2.45) is 11.3 Å². The predicted molar refractivity (Wildman–Crippen MR) is 142 cm³/mol. The van der Waals surface area contributed by atoms with Gasteiger partial charge in [-0.15, -0.1) is 0 Å². The number of rotatable bonds is 8. The van der Waals surface area contributed by atoms with E-state index in [0.717, 1.165) is 70.3 Å². The lowest BCUT2D eigenvalue weighted by atomic mass is 9.80. The van der Waals surface area contributed by atoms with Crippen LogP contribution >= 0.6 is 0 Å². The van der Waals surface area contributed by atoms with E-state index in [1.807, 2.05) is 6.07 Å². The number of ether oxygens (including phenoxy) is 1. The Labute approximate surface area is 219 Å². The van der Waals surface area contributed by atoms with Crippen molar-refractivity contribution in [2.75, 3.05) is 33.3 Å². The molecule has 2 aliphatic heterocycles. The van der Waals surface area contributed by atoms with Gasteiger partial charge in [-0.05, 0) is 61.4 Å². The fourth-order valence-corrected chi connectivity index (χ4v) is 6.73. The second-order valence-corrected chi connectivity index (χ2v) is 11.1. The topological polar surface area (TPSA) is 82.1 Å². The fourth-order valence-electron chi connectivity index (χ4n) is 6.73. The minimum Gasteiger partial charge on any atom is -0.504 e. The van der Waals surface area contributed by atoms with Crippen molar-refractivity contribution in [1.82, 2.24) is 15.1 Å². The van der Waals surface area contributed by atoms with Crippen LogP contribution in [-0.2, 0) is 22.6 Å². The number of benzene rings is 2. The first-order valence-electron chi connectivity index (χ1n) is 13.7. The Morgan fingerprint density at radius 2 is 1.92 bits per heavy atom. The van der Waals surface area contributed by atoms with Crippen molar-refractivity contribution in [3.05, 3.63) is 59.7 Å². The van der Waals surface area contributed by atoms with Gasteiger partial charge in [-0.25, -0.2) is 0 Å². The molecule has 0 aromatic heterocycles. The molecule has 37 heavy (non-hydrogen) atoms. The van der Waals surface area contributed by atoms with Crippen molar-refractivity contribution in [3.8, 4) is 11.5 Å². The Hall–Kier alpha value is -3.06. The molecule has 3 fully saturated rings. The number of amides is 2. The van der Waals surface area contributed by atoms with Gasteiger partial charge in [0.25, 0.3) is 0 Å². The summed E-state index contributed by atoms with van der Waals surface area (Å²) in [7, 11) is 1.50. The van der Waals surface area contributed by atoms with E-state index in [4.69, 9.17) is 4.74 Å². The first kappa shape index (κ1) is 25.6. The Bertz CT molecular complexity index is 1110. The molecule has 2 aromatic rings. The maximum Gasteiger partial charge on any atom is 0.239 e. The molecule has 0 bridgehead atoms. The van der Waals surface area contributed by atoms with Gasteiger partial charge in [0.2, 0.25) is 11.8 Å². The number of hydrogen-bond donors (Lipinski definition) is 2. The zero-order valence-electron chi connectivity index (χ0n) is 21.8. The number of fused-ring (bicyclic) bond motifs is 1. The van der Waals surface area contributed by atoms with Gasteiger partial charge in [-0.3, -0.25) is 14.5 Å². The number of methoxy groups -OCH3 is 1. The summed E-state index contributed by atoms with van der Waals surface area (Å²) in [4.78, 5) is 31.1. The molecule has 2 aromatic carbocycles. The van der Waals surface area contributed by atoms with Gasteiger partial charge in [0, 0.05) is 31.6 Å². The standard InChI is InChI=1S/C30H39N3O4/c1-37-27-13-12-23(16-26(27)34)17-28(35)31-20-30-14-7-10-24(30)19-33(21-30)29(36)25-11-5-6-15-32(25)18-22-8-3-2-4-9-22/h2-4,8-9,12-13,16,24-25,34H,5-7,10-11,14-15,17-21H2,1H3,(H,31,35)/t24-,25-,30-/m0/s1. The van der Waals surface area contributed by atoms with Gasteiger partial charge in [-0.2, -0.15) is 0 Å². The highest BCUT2D eigenvalue weighted by Gasteiger charge is 2.51. The van der Waals surface area contributed by atoms with Crippen molar-refractivity contribution in [2.45, 2.75) is 57.5 Å². The molecule has 0 radical (unpaired) electrons. The minimum atomic E-state index is -0.0596. The molecule has 2 heterocycles. The first-order chi connectivity index (χ1) is 18.0. The van der Waals surface area contributed by atoms with Gasteiger partial charge in [0.15, 0.2) is 11.5 Å². The van der Waals surface area contributed by atoms with E-state index >= 15 is 0 Å². The molecule has 3 aliphatic rings. The number of aromatic hydroxyl groups is 1. The SMILES string of the molecule is COc1ccc(CC(=O)NC[C@]23CCC[C@H]2CN(C(=O)[C@@H]2CCCCN2Cc2ccccc2)C3)cc1O. The van der Waals surface area contributed by atoms with E-state index in [2.05, 4.69) is 39.4 Å². The average Bonchev–Trinajstić information content (AvgIpc) is 3.46. The molecule has 0 spiro atoms. The molecular formula is C30H39N3O4. The number of piperidine rings is 1. The quantitative estimate of drug-likeness (QED) is 0.571. The summed E-state index contributed by atoms with van der Waals surface area (Å²) in [5.41, 5.74) is 1.96. The first-order valence-corrected chi connectivity index (χ1v) is 13.7.